The first-order valence-corrected chi connectivity index (χ1v) is 9.25. The van der Waals surface area contributed by atoms with E-state index in [2.05, 4.69) is 15.5 Å². The average Bonchev–Trinajstić information content (AvgIpc) is 3.16. The Morgan fingerprint density at radius 1 is 1.08 bits per heavy atom. The van der Waals surface area contributed by atoms with Crippen molar-refractivity contribution in [2.75, 3.05) is 25.7 Å². The molecule has 1 aromatic heterocycles. The molecule has 5 nitrogen and oxygen atoms in total. The molecule has 1 N–H and O–H groups in total. The number of aromatic nitrogens is 1. The Balaban J connectivity index is 1.50. The minimum absolute atomic E-state index is 0.649. The van der Waals surface area contributed by atoms with Gasteiger partial charge in [-0.2, -0.15) is 5.10 Å². The highest BCUT2D eigenvalue weighted by Gasteiger charge is 2.02. The third-order valence-electron chi connectivity index (χ3n) is 3.59. The molecule has 0 bridgehead atoms. The zero-order valence-electron chi connectivity index (χ0n) is 14.6. The van der Waals surface area contributed by atoms with Crippen LogP contribution >= 0.6 is 11.3 Å². The highest BCUT2D eigenvalue weighted by molar-refractivity contribution is 7.14. The Hall–Kier alpha value is -2.70. The van der Waals surface area contributed by atoms with Crippen LogP contribution in [0.4, 0.5) is 5.13 Å². The van der Waals surface area contributed by atoms with Gasteiger partial charge in [-0.25, -0.2) is 4.98 Å². The highest BCUT2D eigenvalue weighted by Crippen LogP contribution is 2.24. The summed E-state index contributed by atoms with van der Waals surface area (Å²) >= 11 is 1.53. The van der Waals surface area contributed by atoms with Gasteiger partial charge < -0.3 is 9.47 Å². The van der Waals surface area contributed by atoms with Gasteiger partial charge >= 0.3 is 0 Å². The van der Waals surface area contributed by atoms with Crippen molar-refractivity contribution in [2.45, 2.75) is 6.42 Å². The summed E-state index contributed by atoms with van der Waals surface area (Å²) in [7, 11) is 1.69. The third-order valence-corrected chi connectivity index (χ3v) is 4.34. The summed E-state index contributed by atoms with van der Waals surface area (Å²) in [6.45, 7) is 1.36. The van der Waals surface area contributed by atoms with Gasteiger partial charge in [-0.15, -0.1) is 11.3 Å². The first kappa shape index (κ1) is 18.1. The Bertz CT molecular complexity index is 817. The number of hydrogen-bond donors (Lipinski definition) is 1. The first-order chi connectivity index (χ1) is 12.8. The van der Waals surface area contributed by atoms with Crippen LogP contribution in [0.2, 0.25) is 0 Å². The van der Waals surface area contributed by atoms with E-state index in [0.717, 1.165) is 34.1 Å². The predicted molar refractivity (Wildman–Crippen MR) is 107 cm³/mol. The van der Waals surface area contributed by atoms with Crippen LogP contribution in [-0.4, -0.2) is 31.5 Å². The zero-order valence-corrected chi connectivity index (χ0v) is 15.4. The molecule has 3 rings (SSSR count). The van der Waals surface area contributed by atoms with Crippen molar-refractivity contribution in [1.29, 1.82) is 0 Å². The van der Waals surface area contributed by atoms with Crippen LogP contribution in [0, 0.1) is 0 Å². The van der Waals surface area contributed by atoms with E-state index < -0.39 is 0 Å². The molecule has 2 aromatic carbocycles. The number of hydrazone groups is 1. The second-order valence-electron chi connectivity index (χ2n) is 5.54. The topological polar surface area (TPSA) is 55.7 Å². The molecule has 3 aromatic rings. The number of nitrogens with one attached hydrogen (secondary N) is 1. The first-order valence-electron chi connectivity index (χ1n) is 8.37. The number of thiazole rings is 1. The molecule has 0 atom stereocenters. The van der Waals surface area contributed by atoms with Crippen molar-refractivity contribution in [3.8, 4) is 17.0 Å². The van der Waals surface area contributed by atoms with E-state index in [1.165, 1.54) is 11.3 Å². The van der Waals surface area contributed by atoms with Crippen LogP contribution in [0.3, 0.4) is 0 Å². The molecule has 26 heavy (non-hydrogen) atoms. The molecule has 0 aliphatic heterocycles. The molecule has 0 spiro atoms. The smallest absolute Gasteiger partial charge is 0.203 e. The molecule has 0 aliphatic rings. The summed E-state index contributed by atoms with van der Waals surface area (Å²) in [6, 6.07) is 17.9. The lowest BCUT2D eigenvalue weighted by atomic mass is 10.2. The number of hydrogen-bond acceptors (Lipinski definition) is 6. The van der Waals surface area contributed by atoms with E-state index >= 15 is 0 Å². The Morgan fingerprint density at radius 3 is 2.65 bits per heavy atom. The van der Waals surface area contributed by atoms with E-state index in [4.69, 9.17) is 9.47 Å². The summed E-state index contributed by atoms with van der Waals surface area (Å²) in [5.74, 6) is 0.846. The van der Waals surface area contributed by atoms with Gasteiger partial charge in [0, 0.05) is 31.1 Å². The number of rotatable bonds is 9. The second kappa shape index (κ2) is 9.70. The molecule has 6 heteroatoms. The maximum absolute atomic E-state index is 5.63. The molecule has 0 radical (unpaired) electrons. The van der Waals surface area contributed by atoms with Crippen molar-refractivity contribution >= 4 is 22.7 Å². The summed E-state index contributed by atoms with van der Waals surface area (Å²) in [6.07, 6.45) is 2.64. The molecule has 0 amide bonds. The fourth-order valence-electron chi connectivity index (χ4n) is 2.27. The van der Waals surface area contributed by atoms with Crippen molar-refractivity contribution in [2.24, 2.45) is 5.10 Å². The van der Waals surface area contributed by atoms with Crippen LogP contribution < -0.4 is 10.2 Å². The van der Waals surface area contributed by atoms with Gasteiger partial charge in [0.25, 0.3) is 0 Å². The average molecular weight is 367 g/mol. The van der Waals surface area contributed by atoms with Crippen LogP contribution in [-0.2, 0) is 4.74 Å². The van der Waals surface area contributed by atoms with Gasteiger partial charge in [0.2, 0.25) is 5.13 Å². The normalized spacial score (nSPS) is 11.0. The maximum atomic E-state index is 5.63. The summed E-state index contributed by atoms with van der Waals surface area (Å²) in [4.78, 5) is 4.54. The monoisotopic (exact) mass is 367 g/mol. The summed E-state index contributed by atoms with van der Waals surface area (Å²) in [5, 5.41) is 7.03. The number of anilines is 1. The standard InChI is InChI=1S/C20H21N3O2S/c1-24-12-5-13-25-18-10-8-16(9-11-18)14-21-23-20-22-19(15-26-20)17-6-3-2-4-7-17/h2-4,6-11,14-15H,5,12-13H2,1H3,(H,22,23). The minimum Gasteiger partial charge on any atom is -0.494 e. The Labute approximate surface area is 157 Å². The second-order valence-corrected chi connectivity index (χ2v) is 6.40. The van der Waals surface area contributed by atoms with Gasteiger partial charge in [0.15, 0.2) is 0 Å². The van der Waals surface area contributed by atoms with Gasteiger partial charge in [-0.05, 0) is 29.8 Å². The lowest BCUT2D eigenvalue weighted by Crippen LogP contribution is -2.01. The van der Waals surface area contributed by atoms with Gasteiger partial charge in [0.05, 0.1) is 18.5 Å². The molecule has 0 aliphatic carbocycles. The van der Waals surface area contributed by atoms with Gasteiger partial charge in [0.1, 0.15) is 5.75 Å². The molecule has 0 saturated heterocycles. The van der Waals surface area contributed by atoms with Crippen molar-refractivity contribution in [1.82, 2.24) is 4.98 Å². The molecular weight excluding hydrogens is 346 g/mol. The predicted octanol–water partition coefficient (Wildman–Crippen LogP) is 4.67. The fraction of sp³-hybridized carbons (Fsp3) is 0.200. The summed E-state index contributed by atoms with van der Waals surface area (Å²) < 4.78 is 10.6. The van der Waals surface area contributed by atoms with E-state index in [1.807, 2.05) is 60.0 Å². The maximum Gasteiger partial charge on any atom is 0.203 e. The summed E-state index contributed by atoms with van der Waals surface area (Å²) in [5.41, 5.74) is 6.01. The molecule has 1 heterocycles. The molecule has 0 saturated carbocycles. The number of ether oxygens (including phenoxy) is 2. The van der Waals surface area contributed by atoms with Crippen molar-refractivity contribution in [3.63, 3.8) is 0 Å². The van der Waals surface area contributed by atoms with Crippen LogP contribution in [0.25, 0.3) is 11.3 Å². The Morgan fingerprint density at radius 2 is 1.88 bits per heavy atom. The van der Waals surface area contributed by atoms with Crippen molar-refractivity contribution < 1.29 is 9.47 Å². The lowest BCUT2D eigenvalue weighted by Gasteiger charge is -2.05. The molecule has 0 fully saturated rings. The van der Waals surface area contributed by atoms with E-state index in [-0.39, 0.29) is 0 Å². The van der Waals surface area contributed by atoms with Crippen LogP contribution in [0.1, 0.15) is 12.0 Å². The lowest BCUT2D eigenvalue weighted by molar-refractivity contribution is 0.172. The zero-order chi connectivity index (χ0) is 18.0. The van der Waals surface area contributed by atoms with E-state index in [9.17, 15) is 0 Å². The Kier molecular flexibility index (Phi) is 6.75. The minimum atomic E-state index is 0.649. The number of nitrogens with zero attached hydrogens (tertiary/aromatic N) is 2. The quantitative estimate of drug-likeness (QED) is 0.339. The van der Waals surface area contributed by atoms with Crippen LogP contribution in [0.5, 0.6) is 5.75 Å². The SMILES string of the molecule is COCCCOc1ccc(C=NNc2nc(-c3ccccc3)cs2)cc1. The third kappa shape index (κ3) is 5.40. The molecular formula is C20H21N3O2S. The van der Waals surface area contributed by atoms with Crippen molar-refractivity contribution in [3.05, 3.63) is 65.5 Å². The molecule has 134 valence electrons. The molecule has 0 unspecified atom stereocenters. The van der Waals surface area contributed by atoms with E-state index in [0.29, 0.717) is 13.2 Å². The van der Waals surface area contributed by atoms with Gasteiger partial charge in [-0.3, -0.25) is 5.43 Å². The van der Waals surface area contributed by atoms with Crippen LogP contribution in [0.15, 0.2) is 65.1 Å². The fourth-order valence-corrected chi connectivity index (χ4v) is 2.94. The number of methoxy groups -OCH3 is 1. The van der Waals surface area contributed by atoms with E-state index in [1.54, 1.807) is 13.3 Å². The number of benzene rings is 2. The highest BCUT2D eigenvalue weighted by atomic mass is 32.1. The largest absolute Gasteiger partial charge is 0.494 e. The van der Waals surface area contributed by atoms with Gasteiger partial charge in [-0.1, -0.05) is 30.3 Å².